The minimum Gasteiger partial charge on any atom is -0.394 e. The number of aliphatic hydroxyl groups is 1. The van der Waals surface area contributed by atoms with E-state index < -0.39 is 6.04 Å². The first-order chi connectivity index (χ1) is 11.6. The van der Waals surface area contributed by atoms with Gasteiger partial charge in [0.05, 0.1) is 18.9 Å². The molecule has 2 aliphatic rings. The zero-order chi connectivity index (χ0) is 16.7. The maximum atomic E-state index is 12.2. The summed E-state index contributed by atoms with van der Waals surface area (Å²) in [6, 6.07) is 7.53. The summed E-state index contributed by atoms with van der Waals surface area (Å²) in [6.45, 7) is 1.59. The molecule has 1 aromatic heterocycles. The first kappa shape index (κ1) is 18.2. The highest BCUT2D eigenvalue weighted by molar-refractivity contribution is 5.86. The Kier molecular flexibility index (Phi) is 5.06. The number of likely N-dealkylation sites (tertiary alicyclic amines) is 1. The zero-order valence-corrected chi connectivity index (χ0v) is 14.8. The van der Waals surface area contributed by atoms with Crippen LogP contribution in [0.1, 0.15) is 24.1 Å². The van der Waals surface area contributed by atoms with E-state index in [2.05, 4.69) is 23.2 Å². The van der Waals surface area contributed by atoms with E-state index in [9.17, 15) is 4.79 Å². The standard InChI is InChI=1S/C18H23N3O3.ClH/c19-14(11-22)17(23)21-8-6-18(7-9-21)16-13(5-10-24-18)12-3-1-2-4-15(12)20-16;/h1-4,14,20,22H,5-11,19H2;1H/t14-;/m0./s1. The van der Waals surface area contributed by atoms with Gasteiger partial charge in [-0.05, 0) is 30.9 Å². The summed E-state index contributed by atoms with van der Waals surface area (Å²) in [5.41, 5.74) is 9.00. The predicted molar refractivity (Wildman–Crippen MR) is 97.8 cm³/mol. The molecule has 6 nitrogen and oxygen atoms in total. The van der Waals surface area contributed by atoms with E-state index in [4.69, 9.17) is 15.6 Å². The monoisotopic (exact) mass is 365 g/mol. The molecule has 2 aromatic rings. The van der Waals surface area contributed by atoms with E-state index in [-0.39, 0.29) is 30.5 Å². The van der Waals surface area contributed by atoms with Crippen molar-refractivity contribution in [2.75, 3.05) is 26.3 Å². The van der Waals surface area contributed by atoms with E-state index in [0.29, 0.717) is 19.7 Å². The van der Waals surface area contributed by atoms with Crippen molar-refractivity contribution >= 4 is 29.2 Å². The number of carbonyl (C=O) groups excluding carboxylic acids is 1. The smallest absolute Gasteiger partial charge is 0.241 e. The van der Waals surface area contributed by atoms with Gasteiger partial charge in [-0.1, -0.05) is 18.2 Å². The summed E-state index contributed by atoms with van der Waals surface area (Å²) < 4.78 is 6.23. The summed E-state index contributed by atoms with van der Waals surface area (Å²) in [7, 11) is 0. The number of halogens is 1. The predicted octanol–water partition coefficient (Wildman–Crippen LogP) is 1.30. The molecule has 0 saturated carbocycles. The van der Waals surface area contributed by atoms with Crippen molar-refractivity contribution < 1.29 is 14.6 Å². The maximum Gasteiger partial charge on any atom is 0.241 e. The summed E-state index contributed by atoms with van der Waals surface area (Å²) in [4.78, 5) is 17.5. The second-order valence-electron chi connectivity index (χ2n) is 6.73. The Bertz CT molecular complexity index is 768. The third kappa shape index (κ3) is 2.93. The van der Waals surface area contributed by atoms with Gasteiger partial charge in [-0.25, -0.2) is 0 Å². The number of aliphatic hydroxyl groups excluding tert-OH is 1. The van der Waals surface area contributed by atoms with Gasteiger partial charge in [0, 0.05) is 24.0 Å². The molecule has 0 bridgehead atoms. The van der Waals surface area contributed by atoms with Crippen LogP contribution in [0.3, 0.4) is 0 Å². The first-order valence-electron chi connectivity index (χ1n) is 8.54. The second-order valence-corrected chi connectivity index (χ2v) is 6.73. The minimum atomic E-state index is -0.824. The number of nitrogens with zero attached hydrogens (tertiary/aromatic N) is 1. The lowest BCUT2D eigenvalue weighted by Crippen LogP contribution is -2.53. The Hall–Kier alpha value is -1.60. The van der Waals surface area contributed by atoms with Crippen molar-refractivity contribution in [2.45, 2.75) is 30.9 Å². The Labute approximate surface area is 152 Å². The highest BCUT2D eigenvalue weighted by atomic mass is 35.5. The van der Waals surface area contributed by atoms with Crippen molar-refractivity contribution in [1.82, 2.24) is 9.88 Å². The molecule has 1 aromatic carbocycles. The van der Waals surface area contributed by atoms with Gasteiger partial charge >= 0.3 is 0 Å². The van der Waals surface area contributed by atoms with E-state index >= 15 is 0 Å². The largest absolute Gasteiger partial charge is 0.394 e. The number of carbonyl (C=O) groups is 1. The van der Waals surface area contributed by atoms with Gasteiger partial charge in [0.1, 0.15) is 11.6 Å². The Balaban J connectivity index is 0.00000182. The number of para-hydroxylation sites is 1. The van der Waals surface area contributed by atoms with Crippen LogP contribution >= 0.6 is 12.4 Å². The molecule has 0 radical (unpaired) electrons. The van der Waals surface area contributed by atoms with Gasteiger partial charge in [-0.3, -0.25) is 4.79 Å². The molecule has 2 aliphatic heterocycles. The second kappa shape index (κ2) is 6.96. The number of aromatic nitrogens is 1. The molecule has 1 atom stereocenters. The van der Waals surface area contributed by atoms with Gasteiger partial charge in [-0.2, -0.15) is 0 Å². The lowest BCUT2D eigenvalue weighted by atomic mass is 9.83. The third-order valence-corrected chi connectivity index (χ3v) is 5.40. The number of piperidine rings is 1. The molecular weight excluding hydrogens is 342 g/mol. The average molecular weight is 366 g/mol. The van der Waals surface area contributed by atoms with Crippen LogP contribution < -0.4 is 5.73 Å². The molecule has 0 aliphatic carbocycles. The van der Waals surface area contributed by atoms with Gasteiger partial charge in [0.25, 0.3) is 0 Å². The molecule has 1 saturated heterocycles. The molecular formula is C18H24ClN3O3. The average Bonchev–Trinajstić information content (AvgIpc) is 3.02. The number of nitrogens with one attached hydrogen (secondary N) is 1. The molecule has 1 spiro atoms. The van der Waals surface area contributed by atoms with Crippen LogP contribution in [0.15, 0.2) is 24.3 Å². The third-order valence-electron chi connectivity index (χ3n) is 5.40. The number of nitrogens with two attached hydrogens (primary N) is 1. The van der Waals surface area contributed by atoms with Crippen molar-refractivity contribution in [3.8, 4) is 0 Å². The number of H-pyrrole nitrogens is 1. The van der Waals surface area contributed by atoms with E-state index in [1.807, 2.05) is 6.07 Å². The fraction of sp³-hybridized carbons (Fsp3) is 0.500. The highest BCUT2D eigenvalue weighted by Crippen LogP contribution is 2.43. The van der Waals surface area contributed by atoms with Gasteiger partial charge < -0.3 is 25.5 Å². The summed E-state index contributed by atoms with van der Waals surface area (Å²) in [6.07, 6.45) is 2.41. The van der Waals surface area contributed by atoms with Crippen molar-refractivity contribution in [1.29, 1.82) is 0 Å². The molecule has 4 rings (SSSR count). The van der Waals surface area contributed by atoms with Gasteiger partial charge in [-0.15, -0.1) is 12.4 Å². The fourth-order valence-electron chi connectivity index (χ4n) is 4.06. The summed E-state index contributed by atoms with van der Waals surface area (Å²) in [5.74, 6) is -0.181. The van der Waals surface area contributed by atoms with Crippen molar-refractivity contribution in [3.05, 3.63) is 35.5 Å². The number of hydrogen-bond acceptors (Lipinski definition) is 4. The van der Waals surface area contributed by atoms with E-state index in [0.717, 1.165) is 24.8 Å². The normalized spacial score (nSPS) is 20.2. The zero-order valence-electron chi connectivity index (χ0n) is 14.0. The molecule has 1 amide bonds. The van der Waals surface area contributed by atoms with Crippen LogP contribution in [0.25, 0.3) is 10.9 Å². The summed E-state index contributed by atoms with van der Waals surface area (Å²) >= 11 is 0. The van der Waals surface area contributed by atoms with Crippen LogP contribution in [0.2, 0.25) is 0 Å². The fourth-order valence-corrected chi connectivity index (χ4v) is 4.06. The Morgan fingerprint density at radius 1 is 1.36 bits per heavy atom. The summed E-state index contributed by atoms with van der Waals surface area (Å²) in [5, 5.41) is 10.4. The first-order valence-corrected chi connectivity index (χ1v) is 8.54. The molecule has 7 heteroatoms. The van der Waals surface area contributed by atoms with Crippen molar-refractivity contribution in [3.63, 3.8) is 0 Å². The number of aromatic amines is 1. The molecule has 3 heterocycles. The van der Waals surface area contributed by atoms with E-state index in [1.54, 1.807) is 4.90 Å². The van der Waals surface area contributed by atoms with Crippen LogP contribution in [0.4, 0.5) is 0 Å². The number of benzene rings is 1. The van der Waals surface area contributed by atoms with Gasteiger partial charge in [0.2, 0.25) is 5.91 Å². The van der Waals surface area contributed by atoms with Crippen LogP contribution in [-0.2, 0) is 21.6 Å². The lowest BCUT2D eigenvalue weighted by molar-refractivity contribution is -0.143. The highest BCUT2D eigenvalue weighted by Gasteiger charge is 2.43. The van der Waals surface area contributed by atoms with E-state index in [1.165, 1.54) is 16.6 Å². The van der Waals surface area contributed by atoms with Crippen LogP contribution in [0, 0.1) is 0 Å². The topological polar surface area (TPSA) is 91.6 Å². The molecule has 25 heavy (non-hydrogen) atoms. The van der Waals surface area contributed by atoms with Crippen LogP contribution in [0.5, 0.6) is 0 Å². The number of rotatable bonds is 2. The van der Waals surface area contributed by atoms with Crippen molar-refractivity contribution in [2.24, 2.45) is 5.73 Å². The molecule has 1 fully saturated rings. The molecule has 136 valence electrons. The number of hydrogen-bond donors (Lipinski definition) is 3. The maximum absolute atomic E-state index is 12.2. The minimum absolute atomic E-state index is 0. The Morgan fingerprint density at radius 3 is 2.80 bits per heavy atom. The van der Waals surface area contributed by atoms with Gasteiger partial charge in [0.15, 0.2) is 0 Å². The SMILES string of the molecule is Cl.N[C@@H](CO)C(=O)N1CCC2(CC1)OCCc1c2[nH]c2ccccc12. The number of ether oxygens (including phenoxy) is 1. The number of amides is 1. The quantitative estimate of drug-likeness (QED) is 0.748. The van der Waals surface area contributed by atoms with Crippen LogP contribution in [-0.4, -0.2) is 53.2 Å². The Morgan fingerprint density at radius 2 is 2.08 bits per heavy atom. The lowest BCUT2D eigenvalue weighted by Gasteiger charge is -2.44. The number of fused-ring (bicyclic) bond motifs is 4. The molecule has 4 N–H and O–H groups in total. The molecule has 0 unspecified atom stereocenters.